The van der Waals surface area contributed by atoms with E-state index in [0.29, 0.717) is 15.8 Å². The number of carbonyl (C=O) groups excluding carboxylic acids is 1. The van der Waals surface area contributed by atoms with Gasteiger partial charge in [0.1, 0.15) is 6.04 Å². The number of halogens is 2. The number of methoxy groups -OCH3 is 1. The summed E-state index contributed by atoms with van der Waals surface area (Å²) in [6, 6.07) is 4.86. The molecule has 1 aromatic rings. The number of esters is 1. The highest BCUT2D eigenvalue weighted by molar-refractivity contribution is 7.98. The van der Waals surface area contributed by atoms with E-state index in [4.69, 9.17) is 28.9 Å². The van der Waals surface area contributed by atoms with E-state index in [1.807, 2.05) is 6.07 Å². The Kier molecular flexibility index (Phi) is 6.12. The molecule has 0 bridgehead atoms. The first-order valence-corrected chi connectivity index (χ1v) is 6.80. The van der Waals surface area contributed by atoms with E-state index in [2.05, 4.69) is 4.74 Å². The van der Waals surface area contributed by atoms with Crippen molar-refractivity contribution in [1.82, 2.24) is 0 Å². The maximum atomic E-state index is 11.1. The number of thioether (sulfide) groups is 1. The van der Waals surface area contributed by atoms with Gasteiger partial charge in [0.05, 0.1) is 17.2 Å². The van der Waals surface area contributed by atoms with Crippen LogP contribution in [0, 0.1) is 0 Å². The van der Waals surface area contributed by atoms with Gasteiger partial charge in [-0.15, -0.1) is 0 Å². The molecule has 1 atom stereocenters. The Morgan fingerprint density at radius 2 is 2.18 bits per heavy atom. The van der Waals surface area contributed by atoms with Gasteiger partial charge in [0.2, 0.25) is 0 Å². The molecule has 0 saturated heterocycles. The zero-order chi connectivity index (χ0) is 12.8. The molecular weight excluding hydrogens is 281 g/mol. The lowest BCUT2D eigenvalue weighted by Gasteiger charge is -2.08. The summed E-state index contributed by atoms with van der Waals surface area (Å²) in [4.78, 5) is 11.1. The van der Waals surface area contributed by atoms with Crippen LogP contribution in [0.3, 0.4) is 0 Å². The molecular formula is C11H13Cl2NO2S. The third-order valence-electron chi connectivity index (χ3n) is 2.05. The fourth-order valence-corrected chi connectivity index (χ4v) is 2.40. The van der Waals surface area contributed by atoms with Crippen LogP contribution in [0.2, 0.25) is 10.0 Å². The summed E-state index contributed by atoms with van der Waals surface area (Å²) in [6.07, 6.45) is 0. The molecule has 1 aromatic carbocycles. The van der Waals surface area contributed by atoms with E-state index >= 15 is 0 Å². The number of rotatable bonds is 5. The van der Waals surface area contributed by atoms with Gasteiger partial charge in [-0.05, 0) is 17.7 Å². The minimum Gasteiger partial charge on any atom is -0.468 e. The van der Waals surface area contributed by atoms with Crippen molar-refractivity contribution < 1.29 is 9.53 Å². The smallest absolute Gasteiger partial charge is 0.323 e. The third kappa shape index (κ3) is 4.76. The van der Waals surface area contributed by atoms with Gasteiger partial charge in [-0.1, -0.05) is 29.3 Å². The summed E-state index contributed by atoms with van der Waals surface area (Å²) in [5, 5.41) is 1.06. The van der Waals surface area contributed by atoms with Crippen molar-refractivity contribution in [1.29, 1.82) is 0 Å². The second-order valence-corrected chi connectivity index (χ2v) is 5.24. The van der Waals surface area contributed by atoms with Crippen LogP contribution >= 0.6 is 35.0 Å². The Bertz CT molecular complexity index is 401. The van der Waals surface area contributed by atoms with Crippen LogP contribution in [-0.2, 0) is 15.3 Å². The van der Waals surface area contributed by atoms with Crippen molar-refractivity contribution in [2.45, 2.75) is 11.8 Å². The SMILES string of the molecule is COC(=O)C(N)CSCc1ccc(Cl)c(Cl)c1. The largest absolute Gasteiger partial charge is 0.468 e. The number of carbonyl (C=O) groups is 1. The molecule has 0 aliphatic rings. The molecule has 0 aliphatic carbocycles. The molecule has 0 fully saturated rings. The van der Waals surface area contributed by atoms with Crippen molar-refractivity contribution in [3.8, 4) is 0 Å². The standard InChI is InChI=1S/C11H13Cl2NO2S/c1-16-11(15)10(14)6-17-5-7-2-3-8(12)9(13)4-7/h2-4,10H,5-6,14H2,1H3. The van der Waals surface area contributed by atoms with Crippen LogP contribution in [-0.4, -0.2) is 24.9 Å². The Hall–Kier alpha value is -0.420. The predicted molar refractivity (Wildman–Crippen MR) is 72.6 cm³/mol. The van der Waals surface area contributed by atoms with E-state index in [1.54, 1.807) is 23.9 Å². The van der Waals surface area contributed by atoms with Crippen molar-refractivity contribution in [2.24, 2.45) is 5.73 Å². The first-order valence-electron chi connectivity index (χ1n) is 4.89. The molecule has 0 aromatic heterocycles. The average molecular weight is 294 g/mol. The quantitative estimate of drug-likeness (QED) is 0.848. The number of hydrogen-bond acceptors (Lipinski definition) is 4. The summed E-state index contributed by atoms with van der Waals surface area (Å²) >= 11 is 13.2. The second-order valence-electron chi connectivity index (χ2n) is 3.39. The molecule has 0 saturated carbocycles. The van der Waals surface area contributed by atoms with Crippen LogP contribution in [0.15, 0.2) is 18.2 Å². The molecule has 1 rings (SSSR count). The molecule has 3 nitrogen and oxygen atoms in total. The highest BCUT2D eigenvalue weighted by atomic mass is 35.5. The maximum Gasteiger partial charge on any atom is 0.323 e. The van der Waals surface area contributed by atoms with Crippen molar-refractivity contribution in [2.75, 3.05) is 12.9 Å². The lowest BCUT2D eigenvalue weighted by atomic mass is 10.2. The topological polar surface area (TPSA) is 52.3 Å². The number of benzene rings is 1. The van der Waals surface area contributed by atoms with Gasteiger partial charge in [0.15, 0.2) is 0 Å². The minimum absolute atomic E-state index is 0.397. The highest BCUT2D eigenvalue weighted by Crippen LogP contribution is 2.24. The van der Waals surface area contributed by atoms with Crippen LogP contribution in [0.4, 0.5) is 0 Å². The summed E-state index contributed by atoms with van der Waals surface area (Å²) in [6.45, 7) is 0. The van der Waals surface area contributed by atoms with Gasteiger partial charge in [-0.3, -0.25) is 4.79 Å². The molecule has 0 radical (unpaired) electrons. The number of ether oxygens (including phenoxy) is 1. The van der Waals surface area contributed by atoms with Crippen LogP contribution in [0.5, 0.6) is 0 Å². The monoisotopic (exact) mass is 293 g/mol. The van der Waals surface area contributed by atoms with Crippen molar-refractivity contribution in [3.63, 3.8) is 0 Å². The highest BCUT2D eigenvalue weighted by Gasteiger charge is 2.13. The molecule has 17 heavy (non-hydrogen) atoms. The first kappa shape index (κ1) is 14.6. The lowest BCUT2D eigenvalue weighted by Crippen LogP contribution is -2.33. The predicted octanol–water partition coefficient (Wildman–Crippen LogP) is 2.73. The molecule has 0 amide bonds. The number of nitrogens with two attached hydrogens (primary N) is 1. The van der Waals surface area contributed by atoms with E-state index in [9.17, 15) is 4.79 Å². The third-order valence-corrected chi connectivity index (χ3v) is 3.93. The molecule has 0 spiro atoms. The van der Waals surface area contributed by atoms with E-state index < -0.39 is 12.0 Å². The Balaban J connectivity index is 2.40. The van der Waals surface area contributed by atoms with E-state index in [0.717, 1.165) is 11.3 Å². The summed E-state index contributed by atoms with van der Waals surface area (Å²) in [7, 11) is 1.33. The molecule has 1 unspecified atom stereocenters. The summed E-state index contributed by atoms with van der Waals surface area (Å²) < 4.78 is 4.53. The Labute approximate surface area is 115 Å². The minimum atomic E-state index is -0.590. The molecule has 94 valence electrons. The van der Waals surface area contributed by atoms with Gasteiger partial charge in [0, 0.05) is 11.5 Å². The van der Waals surface area contributed by atoms with Crippen molar-refractivity contribution >= 4 is 40.9 Å². The second kappa shape index (κ2) is 7.11. The Morgan fingerprint density at radius 1 is 1.47 bits per heavy atom. The Morgan fingerprint density at radius 3 is 2.76 bits per heavy atom. The molecule has 0 heterocycles. The fourth-order valence-electron chi connectivity index (χ4n) is 1.15. The van der Waals surface area contributed by atoms with Crippen LogP contribution in [0.1, 0.15) is 5.56 Å². The zero-order valence-electron chi connectivity index (χ0n) is 9.28. The number of hydrogen-bond donors (Lipinski definition) is 1. The lowest BCUT2D eigenvalue weighted by molar-refractivity contribution is -0.141. The summed E-state index contributed by atoms with van der Waals surface area (Å²) in [5.41, 5.74) is 6.65. The van der Waals surface area contributed by atoms with Crippen molar-refractivity contribution in [3.05, 3.63) is 33.8 Å². The van der Waals surface area contributed by atoms with Gasteiger partial charge in [-0.25, -0.2) is 0 Å². The van der Waals surface area contributed by atoms with E-state index in [-0.39, 0.29) is 0 Å². The zero-order valence-corrected chi connectivity index (χ0v) is 11.6. The molecule has 0 aliphatic heterocycles. The van der Waals surface area contributed by atoms with Gasteiger partial charge >= 0.3 is 5.97 Å². The maximum absolute atomic E-state index is 11.1. The van der Waals surface area contributed by atoms with Gasteiger partial charge in [0.25, 0.3) is 0 Å². The molecule has 2 N–H and O–H groups in total. The fraction of sp³-hybridized carbons (Fsp3) is 0.364. The normalized spacial score (nSPS) is 12.2. The summed E-state index contributed by atoms with van der Waals surface area (Å²) in [5.74, 6) is 0.834. The van der Waals surface area contributed by atoms with Crippen LogP contribution in [0.25, 0.3) is 0 Å². The van der Waals surface area contributed by atoms with Crippen LogP contribution < -0.4 is 5.73 Å². The average Bonchev–Trinajstić information content (AvgIpc) is 2.32. The van der Waals surface area contributed by atoms with E-state index in [1.165, 1.54) is 7.11 Å². The van der Waals surface area contributed by atoms with Gasteiger partial charge in [-0.2, -0.15) is 11.8 Å². The molecule has 6 heteroatoms. The van der Waals surface area contributed by atoms with Gasteiger partial charge < -0.3 is 10.5 Å². The first-order chi connectivity index (χ1) is 8.04.